The Morgan fingerprint density at radius 1 is 0.662 bits per heavy atom. The topological polar surface area (TPSA) is 33.6 Å². The van der Waals surface area contributed by atoms with Crippen LogP contribution in [0.1, 0.15) is 271 Å². The van der Waals surface area contributed by atoms with Crippen LogP contribution < -0.4 is 10.1 Å². The van der Waals surface area contributed by atoms with E-state index in [9.17, 15) is 0 Å². The van der Waals surface area contributed by atoms with E-state index in [1.165, 1.54) is 135 Å². The summed E-state index contributed by atoms with van der Waals surface area (Å²) in [5.41, 5.74) is 11.6. The molecule has 450 valence electrons. The summed E-state index contributed by atoms with van der Waals surface area (Å²) in [5.74, 6) is 5.27. The summed E-state index contributed by atoms with van der Waals surface area (Å²) in [6, 6.07) is 16.8. The van der Waals surface area contributed by atoms with Gasteiger partial charge in [-0.15, -0.1) is 0 Å². The molecule has 3 nitrogen and oxygen atoms in total. The van der Waals surface area contributed by atoms with E-state index in [0.717, 1.165) is 60.4 Å². The molecule has 4 rings (SSSR count). The van der Waals surface area contributed by atoms with Crippen molar-refractivity contribution in [3.63, 3.8) is 0 Å². The molecule has 2 fully saturated rings. The first-order valence-corrected chi connectivity index (χ1v) is 34.3. The van der Waals surface area contributed by atoms with Gasteiger partial charge in [-0.2, -0.15) is 0 Å². The molecule has 0 radical (unpaired) electrons. The largest absolute Gasteiger partial charge is 0.496 e. The SMILES string of the molecule is C/C=C(\C)c1ccccc1CC.C=C(CC(C(C)=N/C(=C\C)c1ccccc1OC)C1CCCCC1)C(C)CSSC.C=C(CNC)CC(C(=C)C)C1CCCCC1.CC.CC.CC.CC.CCC.CCCC.CCCC. The zero-order valence-corrected chi connectivity index (χ0v) is 57.7. The number of hydrogen-bond donors (Lipinski definition) is 1. The van der Waals surface area contributed by atoms with Gasteiger partial charge >= 0.3 is 0 Å². The van der Waals surface area contributed by atoms with Gasteiger partial charge in [-0.3, -0.25) is 4.99 Å². The number of nitrogens with one attached hydrogen (secondary N) is 1. The number of nitrogens with zero attached hydrogens (tertiary/aromatic N) is 1. The van der Waals surface area contributed by atoms with Crippen molar-refractivity contribution in [3.05, 3.63) is 114 Å². The summed E-state index contributed by atoms with van der Waals surface area (Å²) >= 11 is 0. The molecule has 77 heavy (non-hydrogen) atoms. The van der Waals surface area contributed by atoms with E-state index in [0.29, 0.717) is 17.8 Å². The molecule has 0 spiro atoms. The number of methoxy groups -OCH3 is 1. The molecule has 2 aliphatic rings. The van der Waals surface area contributed by atoms with Crippen LogP contribution in [0.5, 0.6) is 5.75 Å². The van der Waals surface area contributed by atoms with E-state index in [2.05, 4.69) is 170 Å². The van der Waals surface area contributed by atoms with Crippen molar-refractivity contribution in [2.24, 2.45) is 34.6 Å². The van der Waals surface area contributed by atoms with Crippen LogP contribution in [0.25, 0.3) is 11.3 Å². The lowest BCUT2D eigenvalue weighted by Crippen LogP contribution is -2.26. The van der Waals surface area contributed by atoms with Gasteiger partial charge in [0.25, 0.3) is 0 Å². The fourth-order valence-corrected chi connectivity index (χ4v) is 10.3. The minimum absolute atomic E-state index is 0.476. The van der Waals surface area contributed by atoms with E-state index in [-0.39, 0.29) is 0 Å². The van der Waals surface area contributed by atoms with Crippen LogP contribution in [0, 0.1) is 29.6 Å². The fourth-order valence-electron chi connectivity index (χ4n) is 8.65. The summed E-state index contributed by atoms with van der Waals surface area (Å²) in [5, 5.41) is 3.19. The van der Waals surface area contributed by atoms with E-state index in [1.807, 2.05) is 96.2 Å². The predicted octanol–water partition coefficient (Wildman–Crippen LogP) is 25.0. The van der Waals surface area contributed by atoms with Crippen LogP contribution in [0.4, 0.5) is 0 Å². The molecule has 0 bridgehead atoms. The number of likely N-dealkylation sites (N-methyl/N-ethyl adjacent to an activating group) is 1. The molecule has 1 N–H and O–H groups in total. The highest BCUT2D eigenvalue weighted by Gasteiger charge is 2.28. The maximum atomic E-state index is 5.59. The van der Waals surface area contributed by atoms with E-state index >= 15 is 0 Å². The smallest absolute Gasteiger partial charge is 0.128 e. The summed E-state index contributed by atoms with van der Waals surface area (Å²) in [7, 11) is 7.49. The zero-order chi connectivity index (χ0) is 60.4. The number of benzene rings is 2. The molecule has 0 heterocycles. The quantitative estimate of drug-likeness (QED) is 0.0767. The van der Waals surface area contributed by atoms with Crippen molar-refractivity contribution >= 4 is 38.6 Å². The number of para-hydroxylation sites is 1. The highest BCUT2D eigenvalue weighted by atomic mass is 33.1. The van der Waals surface area contributed by atoms with Gasteiger partial charge in [-0.05, 0) is 145 Å². The molecule has 2 aromatic carbocycles. The predicted molar refractivity (Wildman–Crippen MR) is 369 cm³/mol. The Balaban J connectivity index is -0.000000225. The number of unbranched alkanes of at least 4 members (excludes halogenated alkanes) is 2. The van der Waals surface area contributed by atoms with Crippen LogP contribution in [-0.2, 0) is 6.42 Å². The average molecular weight is 1110 g/mol. The molecule has 0 aromatic heterocycles. The molecule has 3 atom stereocenters. The molecule has 0 aliphatic heterocycles. The van der Waals surface area contributed by atoms with Crippen molar-refractivity contribution in [2.45, 2.75) is 261 Å². The first-order chi connectivity index (χ1) is 37.2. The lowest BCUT2D eigenvalue weighted by Gasteiger charge is -2.32. The third-order valence-electron chi connectivity index (χ3n) is 13.4. The molecule has 2 saturated carbocycles. The Morgan fingerprint density at radius 2 is 1.10 bits per heavy atom. The monoisotopic (exact) mass is 1110 g/mol. The first kappa shape index (κ1) is 85.5. The highest BCUT2D eigenvalue weighted by molar-refractivity contribution is 8.76. The van der Waals surface area contributed by atoms with Gasteiger partial charge in [0.2, 0.25) is 0 Å². The average Bonchev–Trinajstić information content (AvgIpc) is 3.49. The molecule has 2 aliphatic carbocycles. The Labute approximate surface area is 493 Å². The normalized spacial score (nSPS) is 14.3. The van der Waals surface area contributed by atoms with Crippen LogP contribution in [0.3, 0.4) is 0 Å². The van der Waals surface area contributed by atoms with Gasteiger partial charge < -0.3 is 10.1 Å². The van der Waals surface area contributed by atoms with Crippen LogP contribution in [0.15, 0.2) is 102 Å². The molecule has 5 heteroatoms. The standard InChI is InChI=1S/C26H39NOS2.C15H27N.C12H16.2C4H10.C3H8.4C2H6/c1-7-25(23-15-11-12-16-26(23)28-5)27-21(4)24(22-13-9-8-10-14-22)17-19(2)20(3)18-30-29-6;1-12(2)15(10-13(3)11-16-4)14-8-6-5-7-9-14;1-4-10(3)12-9-7-6-8-11(12)5-2;2*1-3-4-2;1-3-2;4*1-2/h7,11-12,15-16,20,22,24H,2,8-10,13-14,17-18H2,1,3-6H3;14-16H,1,3,5-11H2,2,4H3;4,6-9H,5H2,1-3H3;2*3-4H2,1-2H3;3H2,1-2H3;4*1-2H3/b25-7-,27-21?;;10-4+;;;;;;;. The van der Waals surface area contributed by atoms with E-state index in [1.54, 1.807) is 7.11 Å². The minimum atomic E-state index is 0.476. The third kappa shape index (κ3) is 43.7. The Morgan fingerprint density at radius 3 is 1.49 bits per heavy atom. The van der Waals surface area contributed by atoms with E-state index < -0.39 is 0 Å². The Bertz CT molecular complexity index is 1680. The van der Waals surface area contributed by atoms with Crippen LogP contribution in [0.2, 0.25) is 0 Å². The summed E-state index contributed by atoms with van der Waals surface area (Å²) < 4.78 is 5.59. The molecular weight excluding hydrogens is 973 g/mol. The number of ether oxygens (including phenoxy) is 1. The van der Waals surface area contributed by atoms with Gasteiger partial charge in [0.15, 0.2) is 0 Å². The first-order valence-electron chi connectivity index (χ1n) is 31.6. The number of aryl methyl sites for hydroxylation is 1. The third-order valence-corrected chi connectivity index (χ3v) is 15.4. The van der Waals surface area contributed by atoms with Crippen molar-refractivity contribution in [1.82, 2.24) is 5.32 Å². The molecule has 2 aromatic rings. The second-order valence-electron chi connectivity index (χ2n) is 19.4. The number of aliphatic imine (C=N–C) groups is 1. The van der Waals surface area contributed by atoms with Crippen LogP contribution >= 0.6 is 21.6 Å². The summed E-state index contributed by atoms with van der Waals surface area (Å²) in [6.45, 7) is 58.0. The van der Waals surface area contributed by atoms with Crippen molar-refractivity contribution < 1.29 is 4.74 Å². The second kappa shape index (κ2) is 64.1. The molecule has 0 amide bonds. The minimum Gasteiger partial charge on any atom is -0.496 e. The second-order valence-corrected chi connectivity index (χ2v) is 22.0. The lowest BCUT2D eigenvalue weighted by atomic mass is 9.74. The number of hydrogen-bond acceptors (Lipinski definition) is 5. The zero-order valence-electron chi connectivity index (χ0n) is 56.1. The maximum Gasteiger partial charge on any atom is 0.128 e. The van der Waals surface area contributed by atoms with Crippen molar-refractivity contribution in [2.75, 3.05) is 32.7 Å². The number of allylic oxidation sites excluding steroid dienone is 5. The lowest BCUT2D eigenvalue weighted by molar-refractivity contribution is 0.274. The Hall–Kier alpha value is -2.73. The van der Waals surface area contributed by atoms with Gasteiger partial charge in [0, 0.05) is 29.5 Å². The maximum absolute atomic E-state index is 5.59. The highest BCUT2D eigenvalue weighted by Crippen LogP contribution is 2.38. The summed E-state index contributed by atoms with van der Waals surface area (Å²) in [6.07, 6.45) is 30.0. The molecule has 0 saturated heterocycles. The summed E-state index contributed by atoms with van der Waals surface area (Å²) in [4.78, 5) is 5.17. The van der Waals surface area contributed by atoms with Gasteiger partial charge in [0.05, 0.1) is 12.8 Å². The molecule has 3 unspecified atom stereocenters. The molecular formula is C72H134N2OS2. The Kier molecular flexibility index (Phi) is 71.2. The van der Waals surface area contributed by atoms with Gasteiger partial charge in [0.1, 0.15) is 5.75 Å². The van der Waals surface area contributed by atoms with E-state index in [4.69, 9.17) is 9.73 Å². The van der Waals surface area contributed by atoms with Crippen molar-refractivity contribution in [1.29, 1.82) is 0 Å². The van der Waals surface area contributed by atoms with Crippen LogP contribution in [-0.4, -0.2) is 38.4 Å². The fraction of sp³-hybridized carbons (Fsp3) is 0.681. The van der Waals surface area contributed by atoms with Gasteiger partial charge in [-0.1, -0.05) is 288 Å². The number of rotatable bonds is 21. The van der Waals surface area contributed by atoms with Gasteiger partial charge in [-0.25, -0.2) is 0 Å². The van der Waals surface area contributed by atoms with Crippen molar-refractivity contribution in [3.8, 4) is 5.75 Å².